The lowest BCUT2D eigenvalue weighted by Gasteiger charge is -2.19. The fourth-order valence-corrected chi connectivity index (χ4v) is 3.16. The number of benzene rings is 1. The maximum absolute atomic E-state index is 5.89. The molecule has 0 radical (unpaired) electrons. The molecular formula is C15H18N2. The predicted octanol–water partition coefficient (Wildman–Crippen LogP) is 3.08. The van der Waals surface area contributed by atoms with Crippen LogP contribution >= 0.6 is 0 Å². The zero-order valence-electron chi connectivity index (χ0n) is 9.97. The molecule has 1 fully saturated rings. The summed E-state index contributed by atoms with van der Waals surface area (Å²) in [5, 5.41) is 2.60. The highest BCUT2D eigenvalue weighted by molar-refractivity contribution is 5.85. The molecule has 1 saturated carbocycles. The van der Waals surface area contributed by atoms with E-state index < -0.39 is 0 Å². The summed E-state index contributed by atoms with van der Waals surface area (Å²) in [6.07, 6.45) is 7.82. The van der Waals surface area contributed by atoms with Gasteiger partial charge in [0.15, 0.2) is 0 Å². The molecule has 0 aliphatic heterocycles. The van der Waals surface area contributed by atoms with Crippen LogP contribution < -0.4 is 5.73 Å². The molecule has 0 bridgehead atoms. The molecule has 2 nitrogen and oxygen atoms in total. The van der Waals surface area contributed by atoms with Gasteiger partial charge in [0, 0.05) is 17.8 Å². The largest absolute Gasteiger partial charge is 0.330 e. The van der Waals surface area contributed by atoms with E-state index in [-0.39, 0.29) is 0 Å². The quantitative estimate of drug-likeness (QED) is 0.854. The van der Waals surface area contributed by atoms with E-state index in [1.165, 1.54) is 35.6 Å². The fraction of sp³-hybridized carbons (Fsp3) is 0.400. The lowest BCUT2D eigenvalue weighted by atomic mass is 9.87. The summed E-state index contributed by atoms with van der Waals surface area (Å²) in [6.45, 7) is 0.799. The van der Waals surface area contributed by atoms with E-state index in [2.05, 4.69) is 29.2 Å². The molecule has 17 heavy (non-hydrogen) atoms. The fourth-order valence-electron chi connectivity index (χ4n) is 3.16. The van der Waals surface area contributed by atoms with Gasteiger partial charge < -0.3 is 5.73 Å². The average Bonchev–Trinajstić information content (AvgIpc) is 2.86. The third kappa shape index (κ3) is 1.83. The van der Waals surface area contributed by atoms with Crippen molar-refractivity contribution in [1.29, 1.82) is 0 Å². The summed E-state index contributed by atoms with van der Waals surface area (Å²) in [5.41, 5.74) is 7.28. The molecule has 3 rings (SSSR count). The van der Waals surface area contributed by atoms with E-state index in [1.54, 1.807) is 0 Å². The Bertz CT molecular complexity index is 516. The van der Waals surface area contributed by atoms with Crippen molar-refractivity contribution >= 4 is 10.8 Å². The van der Waals surface area contributed by atoms with Gasteiger partial charge in [-0.3, -0.25) is 4.98 Å². The smallest absolute Gasteiger partial charge is 0.0346 e. The van der Waals surface area contributed by atoms with Crippen LogP contribution in [0, 0.1) is 5.92 Å². The summed E-state index contributed by atoms with van der Waals surface area (Å²) >= 11 is 0. The van der Waals surface area contributed by atoms with Crippen LogP contribution in [0.1, 0.15) is 30.7 Å². The van der Waals surface area contributed by atoms with E-state index in [0.29, 0.717) is 11.8 Å². The highest BCUT2D eigenvalue weighted by Crippen LogP contribution is 2.41. The molecule has 2 heteroatoms. The second-order valence-corrected chi connectivity index (χ2v) is 4.98. The number of hydrogen-bond donors (Lipinski definition) is 1. The van der Waals surface area contributed by atoms with Gasteiger partial charge in [0.1, 0.15) is 0 Å². The lowest BCUT2D eigenvalue weighted by Crippen LogP contribution is -2.17. The molecule has 2 unspecified atom stereocenters. The Balaban J connectivity index is 2.10. The van der Waals surface area contributed by atoms with E-state index in [1.807, 2.05) is 12.4 Å². The van der Waals surface area contributed by atoms with Gasteiger partial charge in [-0.15, -0.1) is 0 Å². The minimum absolute atomic E-state index is 0.610. The molecular weight excluding hydrogens is 208 g/mol. The Morgan fingerprint density at radius 1 is 1.18 bits per heavy atom. The second kappa shape index (κ2) is 4.46. The standard InChI is InChI=1S/C15H18N2/c16-8-11-5-3-7-13(11)15-10-17-9-12-4-1-2-6-14(12)15/h1-2,4,6,9-11,13H,3,5,7-8,16H2. The van der Waals surface area contributed by atoms with Gasteiger partial charge in [-0.2, -0.15) is 0 Å². The summed E-state index contributed by atoms with van der Waals surface area (Å²) < 4.78 is 0. The summed E-state index contributed by atoms with van der Waals surface area (Å²) in [5.74, 6) is 1.25. The van der Waals surface area contributed by atoms with Gasteiger partial charge >= 0.3 is 0 Å². The van der Waals surface area contributed by atoms with Crippen molar-refractivity contribution in [2.75, 3.05) is 6.54 Å². The number of aromatic nitrogens is 1. The van der Waals surface area contributed by atoms with Crippen LogP contribution in [0.5, 0.6) is 0 Å². The number of fused-ring (bicyclic) bond motifs is 1. The van der Waals surface area contributed by atoms with Crippen molar-refractivity contribution in [2.45, 2.75) is 25.2 Å². The predicted molar refractivity (Wildman–Crippen MR) is 70.9 cm³/mol. The lowest BCUT2D eigenvalue weighted by molar-refractivity contribution is 0.497. The van der Waals surface area contributed by atoms with Crippen molar-refractivity contribution in [3.8, 4) is 0 Å². The normalized spacial score (nSPS) is 24.3. The first-order valence-electron chi connectivity index (χ1n) is 6.43. The number of rotatable bonds is 2. The van der Waals surface area contributed by atoms with Gasteiger partial charge in [-0.25, -0.2) is 0 Å². The van der Waals surface area contributed by atoms with Gasteiger partial charge in [0.05, 0.1) is 0 Å². The van der Waals surface area contributed by atoms with Crippen LogP contribution in [0.2, 0.25) is 0 Å². The second-order valence-electron chi connectivity index (χ2n) is 4.98. The Kier molecular flexibility index (Phi) is 2.81. The van der Waals surface area contributed by atoms with E-state index in [4.69, 9.17) is 5.73 Å². The first-order chi connectivity index (χ1) is 8.40. The molecule has 1 aliphatic rings. The number of nitrogens with two attached hydrogens (primary N) is 1. The van der Waals surface area contributed by atoms with Crippen LogP contribution in [0.15, 0.2) is 36.7 Å². The van der Waals surface area contributed by atoms with Crippen LogP contribution in [-0.2, 0) is 0 Å². The average molecular weight is 226 g/mol. The minimum atomic E-state index is 0.610. The van der Waals surface area contributed by atoms with Crippen LogP contribution in [0.4, 0.5) is 0 Å². The zero-order chi connectivity index (χ0) is 11.7. The SMILES string of the molecule is NCC1CCCC1c1cncc2ccccc12. The highest BCUT2D eigenvalue weighted by atomic mass is 14.6. The Labute approximate surface area is 102 Å². The molecule has 1 aliphatic carbocycles. The first-order valence-corrected chi connectivity index (χ1v) is 6.43. The number of pyridine rings is 1. The number of hydrogen-bond acceptors (Lipinski definition) is 2. The van der Waals surface area contributed by atoms with Crippen molar-refractivity contribution in [2.24, 2.45) is 11.7 Å². The summed E-state index contributed by atoms with van der Waals surface area (Å²) in [4.78, 5) is 4.39. The first kappa shape index (κ1) is 10.7. The molecule has 1 aromatic carbocycles. The van der Waals surface area contributed by atoms with Crippen molar-refractivity contribution in [3.63, 3.8) is 0 Å². The molecule has 0 spiro atoms. The van der Waals surface area contributed by atoms with E-state index >= 15 is 0 Å². The number of nitrogens with zero attached hydrogens (tertiary/aromatic N) is 1. The Morgan fingerprint density at radius 2 is 2.06 bits per heavy atom. The van der Waals surface area contributed by atoms with Crippen molar-refractivity contribution in [3.05, 3.63) is 42.2 Å². The summed E-state index contributed by atoms with van der Waals surface area (Å²) in [6, 6.07) is 8.53. The molecule has 1 aromatic heterocycles. The zero-order valence-corrected chi connectivity index (χ0v) is 9.97. The summed E-state index contributed by atoms with van der Waals surface area (Å²) in [7, 11) is 0. The Hall–Kier alpha value is -1.41. The molecule has 2 N–H and O–H groups in total. The van der Waals surface area contributed by atoms with Crippen LogP contribution in [0.3, 0.4) is 0 Å². The third-order valence-corrected chi connectivity index (χ3v) is 4.06. The molecule has 88 valence electrons. The third-order valence-electron chi connectivity index (χ3n) is 4.06. The van der Waals surface area contributed by atoms with Crippen LogP contribution in [0.25, 0.3) is 10.8 Å². The molecule has 2 atom stereocenters. The monoisotopic (exact) mass is 226 g/mol. The van der Waals surface area contributed by atoms with Gasteiger partial charge in [0.25, 0.3) is 0 Å². The van der Waals surface area contributed by atoms with Gasteiger partial charge in [-0.1, -0.05) is 30.7 Å². The minimum Gasteiger partial charge on any atom is -0.330 e. The van der Waals surface area contributed by atoms with Crippen LogP contribution in [-0.4, -0.2) is 11.5 Å². The van der Waals surface area contributed by atoms with Gasteiger partial charge in [0.2, 0.25) is 0 Å². The van der Waals surface area contributed by atoms with E-state index in [9.17, 15) is 0 Å². The molecule has 1 heterocycles. The highest BCUT2D eigenvalue weighted by Gasteiger charge is 2.28. The topological polar surface area (TPSA) is 38.9 Å². The maximum Gasteiger partial charge on any atom is 0.0346 e. The maximum atomic E-state index is 5.89. The van der Waals surface area contributed by atoms with E-state index in [0.717, 1.165) is 6.54 Å². The molecule has 2 aromatic rings. The van der Waals surface area contributed by atoms with Crippen molar-refractivity contribution < 1.29 is 0 Å². The molecule has 0 amide bonds. The van der Waals surface area contributed by atoms with Gasteiger partial charge in [-0.05, 0) is 42.2 Å². The Morgan fingerprint density at radius 3 is 2.94 bits per heavy atom. The molecule has 0 saturated heterocycles. The van der Waals surface area contributed by atoms with Crippen molar-refractivity contribution in [1.82, 2.24) is 4.98 Å².